The molecule has 0 aromatic carbocycles. The first-order valence-corrected chi connectivity index (χ1v) is 3.57. The molecule has 0 aliphatic rings. The number of hydrogen-bond acceptors (Lipinski definition) is 3. The van der Waals surface area contributed by atoms with Gasteiger partial charge < -0.3 is 10.1 Å². The summed E-state index contributed by atoms with van der Waals surface area (Å²) in [7, 11) is 0. The molecule has 0 bridgehead atoms. The van der Waals surface area contributed by atoms with Gasteiger partial charge in [0.2, 0.25) is 0 Å². The molecule has 11 heavy (non-hydrogen) atoms. The van der Waals surface area contributed by atoms with Crippen molar-refractivity contribution in [3.8, 4) is 0 Å². The van der Waals surface area contributed by atoms with Crippen LogP contribution in [0.4, 0.5) is 0 Å². The minimum absolute atomic E-state index is 0.229. The molecule has 0 heterocycles. The molecule has 0 aromatic heterocycles. The minimum Gasteiger partial charge on any atom is -0.447 e. The van der Waals surface area contributed by atoms with Crippen LogP contribution in [0.5, 0.6) is 0 Å². The molecule has 4 heteroatoms. The zero-order valence-electron chi connectivity index (χ0n) is 6.55. The zero-order valence-corrected chi connectivity index (χ0v) is 6.55. The molecule has 0 atom stereocenters. The monoisotopic (exact) mass is 158 g/mol. The van der Waals surface area contributed by atoms with E-state index >= 15 is 0 Å². The Morgan fingerprint density at radius 2 is 2.36 bits per heavy atom. The lowest BCUT2D eigenvalue weighted by atomic mass is 10.3. The molecule has 1 amide bonds. The van der Waals surface area contributed by atoms with Crippen LogP contribution in [0.25, 0.3) is 0 Å². The largest absolute Gasteiger partial charge is 0.447 e. The van der Waals surface area contributed by atoms with Gasteiger partial charge in [0.05, 0.1) is 0 Å². The van der Waals surface area contributed by atoms with Crippen molar-refractivity contribution in [3.63, 3.8) is 0 Å². The van der Waals surface area contributed by atoms with Crippen molar-refractivity contribution in [1.82, 2.24) is 5.32 Å². The topological polar surface area (TPSA) is 55.4 Å². The highest BCUT2D eigenvalue weighted by Crippen LogP contribution is 1.82. The number of carbonyl (C=O) groups excluding carboxylic acids is 2. The van der Waals surface area contributed by atoms with E-state index in [9.17, 15) is 9.59 Å². The van der Waals surface area contributed by atoms with Gasteiger partial charge in [0, 0.05) is 6.54 Å². The molecular weight excluding hydrogens is 146 g/mol. The van der Waals surface area contributed by atoms with E-state index < -0.39 is 0 Å². The van der Waals surface area contributed by atoms with Gasteiger partial charge in [0.1, 0.15) is 0 Å². The normalized spacial score (nSPS) is 8.82. The molecule has 63 valence electrons. The van der Waals surface area contributed by atoms with Crippen LogP contribution in [0.15, 0.2) is 0 Å². The van der Waals surface area contributed by atoms with Crippen LogP contribution in [0.1, 0.15) is 19.8 Å². The molecule has 0 saturated heterocycles. The Hall–Kier alpha value is -1.06. The second-order valence-electron chi connectivity index (χ2n) is 2.08. The molecule has 0 fully saturated rings. The van der Waals surface area contributed by atoms with E-state index in [2.05, 4.69) is 10.1 Å². The number of unbranched alkanes of at least 4 members (excludes halogenated alkanes) is 1. The molecule has 0 aliphatic carbocycles. The Morgan fingerprint density at radius 3 is 2.91 bits per heavy atom. The molecule has 0 unspecified atom stereocenters. The Kier molecular flexibility index (Phi) is 6.37. The molecular formula is C7H12NO3. The van der Waals surface area contributed by atoms with Crippen molar-refractivity contribution in [3.05, 3.63) is 0 Å². The van der Waals surface area contributed by atoms with Gasteiger partial charge in [-0.2, -0.15) is 0 Å². The summed E-state index contributed by atoms with van der Waals surface area (Å²) in [6, 6.07) is 0. The van der Waals surface area contributed by atoms with Gasteiger partial charge in [-0.3, -0.25) is 4.79 Å². The van der Waals surface area contributed by atoms with Crippen molar-refractivity contribution < 1.29 is 14.3 Å². The van der Waals surface area contributed by atoms with Crippen LogP contribution >= 0.6 is 0 Å². The first kappa shape index (κ1) is 9.94. The van der Waals surface area contributed by atoms with Crippen molar-refractivity contribution in [2.45, 2.75) is 19.8 Å². The average molecular weight is 158 g/mol. The maximum atomic E-state index is 10.7. The van der Waals surface area contributed by atoms with E-state index in [1.807, 2.05) is 6.92 Å². The first-order valence-electron chi connectivity index (χ1n) is 3.57. The molecule has 1 radical (unpaired) electrons. The van der Waals surface area contributed by atoms with Crippen molar-refractivity contribution in [2.24, 2.45) is 0 Å². The summed E-state index contributed by atoms with van der Waals surface area (Å²) < 4.78 is 4.11. The summed E-state index contributed by atoms with van der Waals surface area (Å²) in [4.78, 5) is 20.2. The maximum Gasteiger partial charge on any atom is 0.418 e. The molecule has 0 rings (SSSR count). The number of carbonyl (C=O) groups is 1. The number of nitrogens with one attached hydrogen (secondary N) is 1. The van der Waals surface area contributed by atoms with Crippen molar-refractivity contribution >= 4 is 12.4 Å². The summed E-state index contributed by atoms with van der Waals surface area (Å²) in [5, 5.41) is 2.58. The first-order chi connectivity index (χ1) is 5.31. The summed E-state index contributed by atoms with van der Waals surface area (Å²) in [5.74, 6) is -0.276. The highest BCUT2D eigenvalue weighted by atomic mass is 16.5. The fourth-order valence-electron chi connectivity index (χ4n) is 0.551. The van der Waals surface area contributed by atoms with Gasteiger partial charge in [-0.25, -0.2) is 4.79 Å². The van der Waals surface area contributed by atoms with Crippen LogP contribution in [-0.4, -0.2) is 25.5 Å². The predicted octanol–water partition coefficient (Wildman–Crippen LogP) is -0.0135. The SMILES string of the molecule is CCCCNC(=O)CO[C]=O. The van der Waals surface area contributed by atoms with Crippen molar-refractivity contribution in [2.75, 3.05) is 13.2 Å². The summed E-state index contributed by atoms with van der Waals surface area (Å²) in [5.41, 5.74) is 0. The van der Waals surface area contributed by atoms with Crippen LogP contribution < -0.4 is 5.32 Å². The van der Waals surface area contributed by atoms with Gasteiger partial charge >= 0.3 is 6.47 Å². The Balaban J connectivity index is 3.15. The second-order valence-corrected chi connectivity index (χ2v) is 2.08. The Bertz CT molecular complexity index is 125. The fourth-order valence-corrected chi connectivity index (χ4v) is 0.551. The maximum absolute atomic E-state index is 10.7. The third-order valence-corrected chi connectivity index (χ3v) is 1.11. The molecule has 1 N–H and O–H groups in total. The quantitative estimate of drug-likeness (QED) is 0.553. The minimum atomic E-state index is -0.276. The van der Waals surface area contributed by atoms with Gasteiger partial charge in [-0.15, -0.1) is 0 Å². The summed E-state index contributed by atoms with van der Waals surface area (Å²) >= 11 is 0. The Labute approximate surface area is 65.9 Å². The molecule has 0 aliphatic heterocycles. The van der Waals surface area contributed by atoms with Gasteiger partial charge in [-0.1, -0.05) is 13.3 Å². The van der Waals surface area contributed by atoms with E-state index in [1.54, 1.807) is 0 Å². The van der Waals surface area contributed by atoms with Crippen molar-refractivity contribution in [1.29, 1.82) is 0 Å². The second kappa shape index (κ2) is 7.05. The molecule has 0 spiro atoms. The lowest BCUT2D eigenvalue weighted by molar-refractivity contribution is -0.123. The number of rotatable bonds is 6. The average Bonchev–Trinajstić information content (AvgIpc) is 2.01. The highest BCUT2D eigenvalue weighted by molar-refractivity contribution is 5.77. The van der Waals surface area contributed by atoms with E-state index in [4.69, 9.17) is 0 Å². The Morgan fingerprint density at radius 1 is 1.64 bits per heavy atom. The molecule has 0 saturated carbocycles. The van der Waals surface area contributed by atoms with Crippen LogP contribution in [0, 0.1) is 0 Å². The number of ether oxygens (including phenoxy) is 1. The predicted molar refractivity (Wildman–Crippen MR) is 39.6 cm³/mol. The van der Waals surface area contributed by atoms with Crippen LogP contribution in [0.3, 0.4) is 0 Å². The lowest BCUT2D eigenvalue weighted by Gasteiger charge is -2.01. The summed E-state index contributed by atoms with van der Waals surface area (Å²) in [6.07, 6.45) is 1.97. The van der Waals surface area contributed by atoms with Gasteiger partial charge in [0.25, 0.3) is 5.91 Å². The number of amides is 1. The zero-order chi connectivity index (χ0) is 8.53. The smallest absolute Gasteiger partial charge is 0.418 e. The fraction of sp³-hybridized carbons (Fsp3) is 0.714. The molecule has 0 aromatic rings. The lowest BCUT2D eigenvalue weighted by Crippen LogP contribution is -2.28. The third kappa shape index (κ3) is 6.83. The van der Waals surface area contributed by atoms with Crippen LogP contribution in [-0.2, 0) is 14.3 Å². The van der Waals surface area contributed by atoms with E-state index in [0.29, 0.717) is 6.54 Å². The van der Waals surface area contributed by atoms with E-state index in [-0.39, 0.29) is 12.5 Å². The number of hydrogen-bond donors (Lipinski definition) is 1. The third-order valence-electron chi connectivity index (χ3n) is 1.11. The standard InChI is InChI=1S/C7H12NO3/c1-2-3-4-8-7(10)5-11-6-9/h2-5H2,1H3,(H,8,10). The van der Waals surface area contributed by atoms with Gasteiger partial charge in [0.15, 0.2) is 6.61 Å². The van der Waals surface area contributed by atoms with E-state index in [0.717, 1.165) is 12.8 Å². The van der Waals surface area contributed by atoms with Gasteiger partial charge in [-0.05, 0) is 6.42 Å². The molecule has 4 nitrogen and oxygen atoms in total. The van der Waals surface area contributed by atoms with E-state index in [1.165, 1.54) is 6.47 Å². The highest BCUT2D eigenvalue weighted by Gasteiger charge is 1.98. The summed E-state index contributed by atoms with van der Waals surface area (Å²) in [6.45, 7) is 3.62. The van der Waals surface area contributed by atoms with Crippen LogP contribution in [0.2, 0.25) is 0 Å².